The fraction of sp³-hybridized carbons (Fsp3) is 1.00. The zero-order chi connectivity index (χ0) is 8.44. The molecule has 1 heterocycles. The molecule has 2 heteroatoms. The highest BCUT2D eigenvalue weighted by Crippen LogP contribution is 2.44. The Labute approximate surface area is 73.7 Å². The topological polar surface area (TPSA) is 12.0 Å². The lowest BCUT2D eigenvalue weighted by molar-refractivity contribution is 0.0260. The second-order valence-corrected chi connectivity index (χ2v) is 4.33. The minimum Gasteiger partial charge on any atom is -0.317 e. The Morgan fingerprint density at radius 1 is 1.08 bits per heavy atom. The van der Waals surface area contributed by atoms with Crippen LogP contribution < -0.4 is 5.32 Å². The Morgan fingerprint density at radius 2 is 1.83 bits per heavy atom. The third kappa shape index (κ3) is 1.37. The lowest BCUT2D eigenvalue weighted by Gasteiger charge is -2.43. The van der Waals surface area contributed by atoms with Gasteiger partial charge in [-0.3, -0.25) is 0 Å². The van der Waals surface area contributed by atoms with Gasteiger partial charge in [-0.2, -0.15) is 0 Å². The standard InChI is InChI=1S/C10H18FN/c11-9-3-1-2-4-10(9)5-7-12-8-6-10/h9,12H,1-8H2. The van der Waals surface area contributed by atoms with Crippen molar-refractivity contribution in [3.05, 3.63) is 0 Å². The van der Waals surface area contributed by atoms with Crippen LogP contribution in [0.15, 0.2) is 0 Å². The molecule has 12 heavy (non-hydrogen) atoms. The first-order valence-corrected chi connectivity index (χ1v) is 5.18. The molecule has 0 amide bonds. The molecule has 1 N–H and O–H groups in total. The summed E-state index contributed by atoms with van der Waals surface area (Å²) in [6.07, 6.45) is 5.93. The second kappa shape index (κ2) is 3.33. The van der Waals surface area contributed by atoms with E-state index in [-0.39, 0.29) is 5.41 Å². The molecule has 1 spiro atoms. The SMILES string of the molecule is FC1CCCCC12CCNCC2. The molecule has 1 saturated carbocycles. The van der Waals surface area contributed by atoms with Gasteiger partial charge in [0.1, 0.15) is 6.17 Å². The van der Waals surface area contributed by atoms with Crippen LogP contribution in [0.5, 0.6) is 0 Å². The monoisotopic (exact) mass is 171 g/mol. The summed E-state index contributed by atoms with van der Waals surface area (Å²) in [5.41, 5.74) is 0.0868. The first kappa shape index (κ1) is 8.49. The summed E-state index contributed by atoms with van der Waals surface area (Å²) >= 11 is 0. The molecule has 70 valence electrons. The maximum atomic E-state index is 13.7. The van der Waals surface area contributed by atoms with E-state index in [1.807, 2.05) is 0 Å². The Morgan fingerprint density at radius 3 is 2.50 bits per heavy atom. The van der Waals surface area contributed by atoms with Crippen molar-refractivity contribution >= 4 is 0 Å². The molecule has 0 aromatic heterocycles. The Hall–Kier alpha value is -0.110. The van der Waals surface area contributed by atoms with E-state index in [0.717, 1.165) is 45.2 Å². The first-order valence-electron chi connectivity index (χ1n) is 5.18. The fourth-order valence-corrected chi connectivity index (χ4v) is 2.75. The molecular formula is C10H18FN. The van der Waals surface area contributed by atoms with Crippen molar-refractivity contribution in [2.75, 3.05) is 13.1 Å². The zero-order valence-corrected chi connectivity index (χ0v) is 7.61. The number of piperidine rings is 1. The van der Waals surface area contributed by atoms with Crippen molar-refractivity contribution in [3.63, 3.8) is 0 Å². The van der Waals surface area contributed by atoms with Crippen LogP contribution in [0.3, 0.4) is 0 Å². The molecular weight excluding hydrogens is 153 g/mol. The van der Waals surface area contributed by atoms with Crippen LogP contribution in [-0.4, -0.2) is 19.3 Å². The summed E-state index contributed by atoms with van der Waals surface area (Å²) in [5.74, 6) is 0. The van der Waals surface area contributed by atoms with Crippen LogP contribution in [-0.2, 0) is 0 Å². The smallest absolute Gasteiger partial charge is 0.106 e. The van der Waals surface area contributed by atoms with E-state index < -0.39 is 6.17 Å². The van der Waals surface area contributed by atoms with Gasteiger partial charge >= 0.3 is 0 Å². The average molecular weight is 171 g/mol. The number of alkyl halides is 1. The minimum atomic E-state index is -0.506. The Balaban J connectivity index is 2.04. The lowest BCUT2D eigenvalue weighted by atomic mass is 9.67. The van der Waals surface area contributed by atoms with E-state index in [2.05, 4.69) is 5.32 Å². The van der Waals surface area contributed by atoms with Gasteiger partial charge in [0.05, 0.1) is 0 Å². The van der Waals surface area contributed by atoms with Gasteiger partial charge in [-0.05, 0) is 38.8 Å². The summed E-state index contributed by atoms with van der Waals surface area (Å²) in [7, 11) is 0. The maximum Gasteiger partial charge on any atom is 0.106 e. The maximum absolute atomic E-state index is 13.7. The third-order valence-electron chi connectivity index (χ3n) is 3.65. The van der Waals surface area contributed by atoms with Crippen molar-refractivity contribution in [3.8, 4) is 0 Å². The molecule has 0 aromatic carbocycles. The number of rotatable bonds is 0. The van der Waals surface area contributed by atoms with Crippen LogP contribution in [0.2, 0.25) is 0 Å². The average Bonchev–Trinajstić information content (AvgIpc) is 2.12. The molecule has 1 atom stereocenters. The molecule has 1 saturated heterocycles. The molecule has 1 unspecified atom stereocenters. The van der Waals surface area contributed by atoms with Crippen LogP contribution in [0, 0.1) is 5.41 Å². The summed E-state index contributed by atoms with van der Waals surface area (Å²) in [6, 6.07) is 0. The highest BCUT2D eigenvalue weighted by Gasteiger charge is 2.41. The predicted octanol–water partition coefficient (Wildman–Crippen LogP) is 2.27. The third-order valence-corrected chi connectivity index (χ3v) is 3.65. The molecule has 1 aliphatic heterocycles. The van der Waals surface area contributed by atoms with Crippen molar-refractivity contribution in [1.82, 2.24) is 5.32 Å². The van der Waals surface area contributed by atoms with Crippen LogP contribution in [0.1, 0.15) is 38.5 Å². The van der Waals surface area contributed by atoms with Crippen molar-refractivity contribution in [2.45, 2.75) is 44.7 Å². The molecule has 0 aromatic rings. The van der Waals surface area contributed by atoms with Gasteiger partial charge in [-0.15, -0.1) is 0 Å². The molecule has 0 bridgehead atoms. The zero-order valence-electron chi connectivity index (χ0n) is 7.61. The van der Waals surface area contributed by atoms with Crippen molar-refractivity contribution in [1.29, 1.82) is 0 Å². The predicted molar refractivity (Wildman–Crippen MR) is 47.9 cm³/mol. The summed E-state index contributed by atoms with van der Waals surface area (Å²) < 4.78 is 13.7. The van der Waals surface area contributed by atoms with E-state index in [4.69, 9.17) is 0 Å². The van der Waals surface area contributed by atoms with E-state index in [1.165, 1.54) is 6.42 Å². The number of halogens is 1. The van der Waals surface area contributed by atoms with Gasteiger partial charge in [-0.25, -0.2) is 4.39 Å². The molecule has 1 nitrogen and oxygen atoms in total. The number of hydrogen-bond donors (Lipinski definition) is 1. The largest absolute Gasteiger partial charge is 0.317 e. The van der Waals surface area contributed by atoms with E-state index in [9.17, 15) is 4.39 Å². The molecule has 0 radical (unpaired) electrons. The molecule has 1 aliphatic carbocycles. The summed E-state index contributed by atoms with van der Waals surface area (Å²) in [6.45, 7) is 2.06. The van der Waals surface area contributed by atoms with Gasteiger partial charge < -0.3 is 5.32 Å². The first-order chi connectivity index (χ1) is 5.83. The number of hydrogen-bond acceptors (Lipinski definition) is 1. The van der Waals surface area contributed by atoms with Crippen molar-refractivity contribution < 1.29 is 4.39 Å². The second-order valence-electron chi connectivity index (χ2n) is 4.33. The van der Waals surface area contributed by atoms with E-state index >= 15 is 0 Å². The number of nitrogens with one attached hydrogen (secondary N) is 1. The summed E-state index contributed by atoms with van der Waals surface area (Å²) in [4.78, 5) is 0. The molecule has 2 fully saturated rings. The highest BCUT2D eigenvalue weighted by atomic mass is 19.1. The summed E-state index contributed by atoms with van der Waals surface area (Å²) in [5, 5.41) is 3.31. The highest BCUT2D eigenvalue weighted by molar-refractivity contribution is 4.93. The molecule has 2 aliphatic rings. The molecule has 2 rings (SSSR count). The lowest BCUT2D eigenvalue weighted by Crippen LogP contribution is -2.44. The van der Waals surface area contributed by atoms with Crippen LogP contribution in [0.4, 0.5) is 4.39 Å². The van der Waals surface area contributed by atoms with E-state index in [0.29, 0.717) is 0 Å². The van der Waals surface area contributed by atoms with Gasteiger partial charge in [-0.1, -0.05) is 12.8 Å². The van der Waals surface area contributed by atoms with Crippen molar-refractivity contribution in [2.24, 2.45) is 5.41 Å². The van der Waals surface area contributed by atoms with Gasteiger partial charge in [0.2, 0.25) is 0 Å². The quantitative estimate of drug-likeness (QED) is 0.589. The van der Waals surface area contributed by atoms with Gasteiger partial charge in [0.25, 0.3) is 0 Å². The Kier molecular flexibility index (Phi) is 2.35. The normalized spacial score (nSPS) is 35.2. The Bertz CT molecular complexity index is 144. The van der Waals surface area contributed by atoms with Crippen LogP contribution in [0.25, 0.3) is 0 Å². The van der Waals surface area contributed by atoms with E-state index in [1.54, 1.807) is 0 Å². The van der Waals surface area contributed by atoms with Gasteiger partial charge in [0, 0.05) is 5.41 Å². The van der Waals surface area contributed by atoms with Gasteiger partial charge in [0.15, 0.2) is 0 Å². The fourth-order valence-electron chi connectivity index (χ4n) is 2.75. The van der Waals surface area contributed by atoms with Crippen LogP contribution >= 0.6 is 0 Å². The minimum absolute atomic E-state index is 0.0868.